The third kappa shape index (κ3) is 4.02. The summed E-state index contributed by atoms with van der Waals surface area (Å²) in [5.41, 5.74) is 4.23. The number of aromatic nitrogens is 4. The summed E-state index contributed by atoms with van der Waals surface area (Å²) in [5.74, 6) is 1.64. The molecule has 3 aliphatic heterocycles. The van der Waals surface area contributed by atoms with Gasteiger partial charge >= 0.3 is 0 Å². The third-order valence-corrected chi connectivity index (χ3v) is 8.26. The van der Waals surface area contributed by atoms with Crippen molar-refractivity contribution in [3.05, 3.63) is 53.0 Å². The van der Waals surface area contributed by atoms with Gasteiger partial charge in [0, 0.05) is 42.8 Å². The van der Waals surface area contributed by atoms with Gasteiger partial charge in [-0.2, -0.15) is 10.1 Å². The highest BCUT2D eigenvalue weighted by Gasteiger charge is 2.40. The molecule has 3 aliphatic rings. The Hall–Kier alpha value is -2.85. The minimum atomic E-state index is 0.305. The van der Waals surface area contributed by atoms with Gasteiger partial charge in [0.15, 0.2) is 5.82 Å². The van der Waals surface area contributed by atoms with Gasteiger partial charge in [-0.3, -0.25) is 4.90 Å². The van der Waals surface area contributed by atoms with E-state index in [4.69, 9.17) is 24.5 Å². The largest absolute Gasteiger partial charge is 0.379 e. The van der Waals surface area contributed by atoms with Crippen LogP contribution in [0.4, 0.5) is 5.82 Å². The number of benzene rings is 1. The normalized spacial score (nSPS) is 22.5. The molecule has 8 nitrogen and oxygen atoms in total. The van der Waals surface area contributed by atoms with E-state index in [0.29, 0.717) is 18.1 Å². The Morgan fingerprint density at radius 3 is 2.83 bits per heavy atom. The van der Waals surface area contributed by atoms with Gasteiger partial charge in [0.1, 0.15) is 0 Å². The van der Waals surface area contributed by atoms with E-state index in [2.05, 4.69) is 47.1 Å². The van der Waals surface area contributed by atoms with Gasteiger partial charge in [0.05, 0.1) is 47.9 Å². The number of rotatable bonds is 5. The van der Waals surface area contributed by atoms with Crippen molar-refractivity contribution < 1.29 is 9.47 Å². The summed E-state index contributed by atoms with van der Waals surface area (Å²) in [4.78, 5) is 16.3. The molecule has 0 saturated carbocycles. The first-order valence-corrected chi connectivity index (χ1v) is 13.1. The molecule has 3 fully saturated rings. The van der Waals surface area contributed by atoms with Crippen LogP contribution in [-0.4, -0.2) is 76.2 Å². The molecule has 2 unspecified atom stereocenters. The summed E-state index contributed by atoms with van der Waals surface area (Å²) in [6.45, 7) is 8.24. The first-order valence-electron chi connectivity index (χ1n) is 12.3. The lowest BCUT2D eigenvalue weighted by molar-refractivity contribution is 0.0346. The summed E-state index contributed by atoms with van der Waals surface area (Å²) in [7, 11) is 0. The second-order valence-electron chi connectivity index (χ2n) is 9.68. The molecule has 0 spiro atoms. The lowest BCUT2D eigenvalue weighted by atomic mass is 10.1. The molecular weight excluding hydrogens is 460 g/mol. The Bertz CT molecular complexity index is 1380. The van der Waals surface area contributed by atoms with Crippen LogP contribution in [0.25, 0.3) is 27.4 Å². The molecular formula is C26H28N6O2S. The predicted molar refractivity (Wildman–Crippen MR) is 136 cm³/mol. The number of aryl methyl sites for hydroxylation is 1. The average Bonchev–Trinajstić information content (AvgIpc) is 3.68. The zero-order chi connectivity index (χ0) is 23.4. The quantitative estimate of drug-likeness (QED) is 0.425. The van der Waals surface area contributed by atoms with E-state index in [9.17, 15) is 0 Å². The van der Waals surface area contributed by atoms with Crippen molar-refractivity contribution in [1.29, 1.82) is 0 Å². The van der Waals surface area contributed by atoms with Crippen LogP contribution in [0, 0.1) is 6.92 Å². The van der Waals surface area contributed by atoms with E-state index < -0.39 is 0 Å². The second-order valence-corrected chi connectivity index (χ2v) is 10.8. The molecule has 0 aliphatic carbocycles. The predicted octanol–water partition coefficient (Wildman–Crippen LogP) is 3.66. The fraction of sp³-hybridized carbons (Fsp3) is 0.423. The summed E-state index contributed by atoms with van der Waals surface area (Å²) in [6, 6.07) is 13.1. The van der Waals surface area contributed by atoms with Crippen LogP contribution in [0.15, 0.2) is 42.6 Å². The van der Waals surface area contributed by atoms with Crippen molar-refractivity contribution in [3.8, 4) is 17.2 Å². The lowest BCUT2D eigenvalue weighted by Gasteiger charge is -2.28. The maximum atomic E-state index is 5.88. The van der Waals surface area contributed by atoms with E-state index in [1.165, 1.54) is 10.4 Å². The molecule has 4 aromatic rings. The topological polar surface area (TPSA) is 68.5 Å². The highest BCUT2D eigenvalue weighted by molar-refractivity contribution is 7.19. The van der Waals surface area contributed by atoms with Crippen molar-refractivity contribution in [2.45, 2.75) is 32.0 Å². The molecule has 35 heavy (non-hydrogen) atoms. The van der Waals surface area contributed by atoms with Crippen LogP contribution in [-0.2, 0) is 16.0 Å². The molecule has 2 bridgehead atoms. The Kier molecular flexibility index (Phi) is 5.31. The molecule has 0 radical (unpaired) electrons. The van der Waals surface area contributed by atoms with E-state index in [1.807, 2.05) is 28.3 Å². The minimum Gasteiger partial charge on any atom is -0.379 e. The molecule has 6 heterocycles. The number of morpholine rings is 2. The van der Waals surface area contributed by atoms with E-state index in [1.54, 1.807) is 0 Å². The summed E-state index contributed by atoms with van der Waals surface area (Å²) >= 11 is 1.82. The van der Waals surface area contributed by atoms with Crippen LogP contribution < -0.4 is 4.90 Å². The number of anilines is 1. The van der Waals surface area contributed by atoms with Crippen LogP contribution in [0.2, 0.25) is 0 Å². The molecule has 0 amide bonds. The van der Waals surface area contributed by atoms with Gasteiger partial charge in [0.2, 0.25) is 0 Å². The van der Waals surface area contributed by atoms with Crippen LogP contribution in [0.1, 0.15) is 16.9 Å². The fourth-order valence-electron chi connectivity index (χ4n) is 5.36. The van der Waals surface area contributed by atoms with Crippen molar-refractivity contribution in [3.63, 3.8) is 0 Å². The van der Waals surface area contributed by atoms with E-state index in [-0.39, 0.29) is 0 Å². The fourth-order valence-corrected chi connectivity index (χ4v) is 6.50. The van der Waals surface area contributed by atoms with Gasteiger partial charge in [-0.15, -0.1) is 11.3 Å². The molecule has 7 rings (SSSR count). The molecule has 1 aromatic carbocycles. The van der Waals surface area contributed by atoms with Gasteiger partial charge in [0.25, 0.3) is 5.95 Å². The SMILES string of the molecule is Cc1cccc(-c2ccn(-c3nc(N4CC5CC4CO5)c4sc(CN5CCOCC5)cc4n3)n2)c1. The van der Waals surface area contributed by atoms with Gasteiger partial charge in [-0.1, -0.05) is 23.8 Å². The van der Waals surface area contributed by atoms with Crippen molar-refractivity contribution in [1.82, 2.24) is 24.6 Å². The molecule has 0 N–H and O–H groups in total. The molecule has 3 aromatic heterocycles. The Balaban J connectivity index is 1.28. The minimum absolute atomic E-state index is 0.305. The number of ether oxygens (including phenoxy) is 2. The average molecular weight is 489 g/mol. The third-order valence-electron chi connectivity index (χ3n) is 7.16. The van der Waals surface area contributed by atoms with Gasteiger partial charge < -0.3 is 14.4 Å². The highest BCUT2D eigenvalue weighted by Crippen LogP contribution is 2.39. The first kappa shape index (κ1) is 21.4. The van der Waals surface area contributed by atoms with Crippen molar-refractivity contribution in [2.75, 3.05) is 44.4 Å². The van der Waals surface area contributed by atoms with Crippen molar-refractivity contribution in [2.24, 2.45) is 0 Å². The molecule has 180 valence electrons. The molecule has 2 atom stereocenters. The zero-order valence-corrected chi connectivity index (χ0v) is 20.6. The Morgan fingerprint density at radius 1 is 1.11 bits per heavy atom. The number of hydrogen-bond donors (Lipinski definition) is 0. The maximum Gasteiger partial charge on any atom is 0.253 e. The van der Waals surface area contributed by atoms with E-state index in [0.717, 1.165) is 79.7 Å². The standard InChI is InChI=1S/C26H28N6O2S/c1-17-3-2-4-18(11-17)22-5-6-32(29-22)26-27-23-13-21(15-30-7-9-33-10-8-30)35-24(23)25(28-26)31-14-20-12-19(31)16-34-20/h2-6,11,13,19-20H,7-10,12,14-16H2,1H3. The van der Waals surface area contributed by atoms with Crippen molar-refractivity contribution >= 4 is 27.4 Å². The Morgan fingerprint density at radius 2 is 2.03 bits per heavy atom. The summed E-state index contributed by atoms with van der Waals surface area (Å²) in [6.07, 6.45) is 3.34. The summed E-state index contributed by atoms with van der Waals surface area (Å²) in [5, 5.41) is 4.84. The van der Waals surface area contributed by atoms with Crippen LogP contribution >= 0.6 is 11.3 Å². The van der Waals surface area contributed by atoms with Crippen LogP contribution in [0.5, 0.6) is 0 Å². The maximum absolute atomic E-state index is 5.88. The summed E-state index contributed by atoms with van der Waals surface area (Å²) < 4.78 is 14.4. The lowest BCUT2D eigenvalue weighted by Crippen LogP contribution is -2.37. The van der Waals surface area contributed by atoms with E-state index >= 15 is 0 Å². The second kappa shape index (κ2) is 8.67. The Labute approximate surface area is 208 Å². The smallest absolute Gasteiger partial charge is 0.253 e. The van der Waals surface area contributed by atoms with Gasteiger partial charge in [-0.25, -0.2) is 9.67 Å². The first-order chi connectivity index (χ1) is 17.2. The molecule has 9 heteroatoms. The number of thiophene rings is 1. The van der Waals surface area contributed by atoms with Gasteiger partial charge in [-0.05, 0) is 31.5 Å². The zero-order valence-electron chi connectivity index (χ0n) is 19.8. The van der Waals surface area contributed by atoms with Crippen LogP contribution in [0.3, 0.4) is 0 Å². The number of nitrogens with zero attached hydrogens (tertiary/aromatic N) is 6. The number of hydrogen-bond acceptors (Lipinski definition) is 8. The molecule has 3 saturated heterocycles. The monoisotopic (exact) mass is 488 g/mol. The highest BCUT2D eigenvalue weighted by atomic mass is 32.1. The number of fused-ring (bicyclic) bond motifs is 3.